The summed E-state index contributed by atoms with van der Waals surface area (Å²) in [5.41, 5.74) is 4.28. The zero-order valence-corrected chi connectivity index (χ0v) is 14.4. The maximum Gasteiger partial charge on any atom is 0.335 e. The van der Waals surface area contributed by atoms with Gasteiger partial charge in [0.1, 0.15) is 0 Å². The molecule has 6 heteroatoms. The number of carboxylic acids is 1. The molecule has 26 heavy (non-hydrogen) atoms. The van der Waals surface area contributed by atoms with E-state index in [2.05, 4.69) is 10.6 Å². The van der Waals surface area contributed by atoms with Crippen molar-refractivity contribution in [3.63, 3.8) is 0 Å². The SMILES string of the molecule is O=C(Nc1ccc2c(c1)CCC2)NC(CCO)c1ccc(C(=O)O)cc1. The van der Waals surface area contributed by atoms with Crippen molar-refractivity contribution in [3.05, 3.63) is 64.7 Å². The molecule has 136 valence electrons. The minimum Gasteiger partial charge on any atom is -0.478 e. The van der Waals surface area contributed by atoms with Gasteiger partial charge in [-0.2, -0.15) is 0 Å². The molecule has 0 aromatic heterocycles. The lowest BCUT2D eigenvalue weighted by Crippen LogP contribution is -2.33. The van der Waals surface area contributed by atoms with Crippen LogP contribution in [0.3, 0.4) is 0 Å². The summed E-state index contributed by atoms with van der Waals surface area (Å²) >= 11 is 0. The summed E-state index contributed by atoms with van der Waals surface area (Å²) in [5, 5.41) is 23.9. The number of nitrogens with one attached hydrogen (secondary N) is 2. The van der Waals surface area contributed by atoms with Gasteiger partial charge in [0, 0.05) is 12.3 Å². The molecule has 2 aromatic carbocycles. The Kier molecular flexibility index (Phi) is 5.53. The van der Waals surface area contributed by atoms with Crippen molar-refractivity contribution in [2.24, 2.45) is 0 Å². The van der Waals surface area contributed by atoms with Gasteiger partial charge in [0.05, 0.1) is 11.6 Å². The number of carboxylic acid groups (broad SMARTS) is 1. The third-order valence-electron chi connectivity index (χ3n) is 4.64. The molecular formula is C20H22N2O4. The second-order valence-electron chi connectivity index (χ2n) is 6.43. The molecule has 0 aliphatic heterocycles. The first-order valence-electron chi connectivity index (χ1n) is 8.70. The van der Waals surface area contributed by atoms with E-state index in [1.807, 2.05) is 18.2 Å². The number of rotatable bonds is 6. The first-order chi connectivity index (χ1) is 12.6. The van der Waals surface area contributed by atoms with Crippen LogP contribution in [0.1, 0.15) is 45.9 Å². The van der Waals surface area contributed by atoms with E-state index >= 15 is 0 Å². The molecule has 2 amide bonds. The van der Waals surface area contributed by atoms with Crippen LogP contribution in [-0.4, -0.2) is 28.8 Å². The summed E-state index contributed by atoms with van der Waals surface area (Å²) in [6, 6.07) is 11.5. The van der Waals surface area contributed by atoms with Crippen molar-refractivity contribution in [1.29, 1.82) is 0 Å². The topological polar surface area (TPSA) is 98.7 Å². The first kappa shape index (κ1) is 17.9. The highest BCUT2D eigenvalue weighted by atomic mass is 16.4. The van der Waals surface area contributed by atoms with E-state index in [9.17, 15) is 14.7 Å². The minimum atomic E-state index is -1.00. The van der Waals surface area contributed by atoms with Crippen molar-refractivity contribution in [2.45, 2.75) is 31.7 Å². The van der Waals surface area contributed by atoms with Gasteiger partial charge in [-0.3, -0.25) is 0 Å². The van der Waals surface area contributed by atoms with E-state index in [4.69, 9.17) is 5.11 Å². The van der Waals surface area contributed by atoms with Gasteiger partial charge in [-0.1, -0.05) is 18.2 Å². The number of anilines is 1. The fourth-order valence-corrected chi connectivity index (χ4v) is 3.28. The standard InChI is InChI=1S/C20H22N2O4/c23-11-10-18(14-4-6-15(7-5-14)19(24)25)22-20(26)21-17-9-8-13-2-1-3-16(13)12-17/h4-9,12,18,23H,1-3,10-11H2,(H,24,25)(H2,21,22,26). The Bertz CT molecular complexity index is 802. The van der Waals surface area contributed by atoms with Gasteiger partial charge in [0.15, 0.2) is 0 Å². The van der Waals surface area contributed by atoms with Crippen LogP contribution in [0.4, 0.5) is 10.5 Å². The van der Waals surface area contributed by atoms with E-state index in [0.29, 0.717) is 6.42 Å². The van der Waals surface area contributed by atoms with Crippen molar-refractivity contribution in [1.82, 2.24) is 5.32 Å². The van der Waals surface area contributed by atoms with E-state index < -0.39 is 12.0 Å². The molecule has 1 aliphatic carbocycles. The van der Waals surface area contributed by atoms with Crippen molar-refractivity contribution < 1.29 is 19.8 Å². The van der Waals surface area contributed by atoms with Crippen LogP contribution in [0, 0.1) is 0 Å². The maximum absolute atomic E-state index is 12.3. The molecule has 0 saturated carbocycles. The number of fused-ring (bicyclic) bond motifs is 1. The predicted octanol–water partition coefficient (Wildman–Crippen LogP) is 3.12. The number of hydrogen-bond donors (Lipinski definition) is 4. The number of aryl methyl sites for hydroxylation is 2. The van der Waals surface area contributed by atoms with E-state index in [1.165, 1.54) is 23.3 Å². The van der Waals surface area contributed by atoms with Gasteiger partial charge in [0.2, 0.25) is 0 Å². The number of hydrogen-bond acceptors (Lipinski definition) is 3. The lowest BCUT2D eigenvalue weighted by atomic mass is 10.0. The van der Waals surface area contributed by atoms with Gasteiger partial charge in [-0.25, -0.2) is 9.59 Å². The second kappa shape index (κ2) is 8.01. The molecule has 1 atom stereocenters. The van der Waals surface area contributed by atoms with Crippen LogP contribution < -0.4 is 10.6 Å². The highest BCUT2D eigenvalue weighted by molar-refractivity contribution is 5.90. The number of amides is 2. The zero-order chi connectivity index (χ0) is 18.5. The molecule has 0 saturated heterocycles. The Balaban J connectivity index is 1.67. The lowest BCUT2D eigenvalue weighted by Gasteiger charge is -2.19. The van der Waals surface area contributed by atoms with Gasteiger partial charge < -0.3 is 20.8 Å². The second-order valence-corrected chi connectivity index (χ2v) is 6.43. The molecule has 1 unspecified atom stereocenters. The predicted molar refractivity (Wildman–Crippen MR) is 98.5 cm³/mol. The van der Waals surface area contributed by atoms with Gasteiger partial charge >= 0.3 is 12.0 Å². The largest absolute Gasteiger partial charge is 0.478 e. The highest BCUT2D eigenvalue weighted by Crippen LogP contribution is 2.25. The first-order valence-corrected chi connectivity index (χ1v) is 8.70. The van der Waals surface area contributed by atoms with E-state index in [-0.39, 0.29) is 18.2 Å². The van der Waals surface area contributed by atoms with Crippen molar-refractivity contribution in [3.8, 4) is 0 Å². The van der Waals surface area contributed by atoms with Gasteiger partial charge in [0.25, 0.3) is 0 Å². The van der Waals surface area contributed by atoms with Crippen LogP contribution in [0.2, 0.25) is 0 Å². The number of aromatic carboxylic acids is 1. The number of aliphatic hydroxyl groups is 1. The Morgan fingerprint density at radius 3 is 2.46 bits per heavy atom. The van der Waals surface area contributed by atoms with Crippen molar-refractivity contribution >= 4 is 17.7 Å². The molecule has 0 spiro atoms. The average molecular weight is 354 g/mol. The molecular weight excluding hydrogens is 332 g/mol. The van der Waals surface area contributed by atoms with Crippen LogP contribution >= 0.6 is 0 Å². The molecule has 4 N–H and O–H groups in total. The molecule has 2 aromatic rings. The smallest absolute Gasteiger partial charge is 0.335 e. The van der Waals surface area contributed by atoms with Crippen LogP contribution in [0.5, 0.6) is 0 Å². The van der Waals surface area contributed by atoms with Gasteiger partial charge in [-0.15, -0.1) is 0 Å². The van der Waals surface area contributed by atoms with E-state index in [1.54, 1.807) is 12.1 Å². The highest BCUT2D eigenvalue weighted by Gasteiger charge is 2.16. The third-order valence-corrected chi connectivity index (χ3v) is 4.64. The van der Waals surface area contributed by atoms with Crippen LogP contribution in [0.15, 0.2) is 42.5 Å². The molecule has 0 fully saturated rings. The Hall–Kier alpha value is -2.86. The molecule has 6 nitrogen and oxygen atoms in total. The summed E-state index contributed by atoms with van der Waals surface area (Å²) in [7, 11) is 0. The number of carbonyl (C=O) groups is 2. The van der Waals surface area contributed by atoms with Crippen molar-refractivity contribution in [2.75, 3.05) is 11.9 Å². The summed E-state index contributed by atoms with van der Waals surface area (Å²) < 4.78 is 0. The fourth-order valence-electron chi connectivity index (χ4n) is 3.28. The Morgan fingerprint density at radius 2 is 1.77 bits per heavy atom. The molecule has 3 rings (SSSR count). The summed E-state index contributed by atoms with van der Waals surface area (Å²) in [5.74, 6) is -1.00. The minimum absolute atomic E-state index is 0.0928. The number of aliphatic hydroxyl groups excluding tert-OH is 1. The number of benzene rings is 2. The maximum atomic E-state index is 12.3. The lowest BCUT2D eigenvalue weighted by molar-refractivity contribution is 0.0696. The third kappa shape index (κ3) is 4.21. The Morgan fingerprint density at radius 1 is 1.04 bits per heavy atom. The molecule has 1 aliphatic rings. The van der Waals surface area contributed by atoms with Crippen LogP contribution in [0.25, 0.3) is 0 Å². The number of urea groups is 1. The summed E-state index contributed by atoms with van der Waals surface area (Å²) in [4.78, 5) is 23.3. The summed E-state index contributed by atoms with van der Waals surface area (Å²) in [6.07, 6.45) is 3.61. The fraction of sp³-hybridized carbons (Fsp3) is 0.300. The average Bonchev–Trinajstić information content (AvgIpc) is 3.09. The van der Waals surface area contributed by atoms with Gasteiger partial charge in [-0.05, 0) is 66.6 Å². The van der Waals surface area contributed by atoms with Crippen LogP contribution in [-0.2, 0) is 12.8 Å². The molecule has 0 bridgehead atoms. The monoisotopic (exact) mass is 354 g/mol. The molecule has 0 heterocycles. The quantitative estimate of drug-likeness (QED) is 0.640. The van der Waals surface area contributed by atoms with E-state index in [0.717, 1.165) is 30.5 Å². The zero-order valence-electron chi connectivity index (χ0n) is 14.4. The Labute approximate surface area is 151 Å². The normalized spacial score (nSPS) is 13.7. The summed E-state index contributed by atoms with van der Waals surface area (Å²) in [6.45, 7) is -0.0928. The molecule has 0 radical (unpaired) electrons. The number of carbonyl (C=O) groups excluding carboxylic acids is 1.